The summed E-state index contributed by atoms with van der Waals surface area (Å²) in [6.07, 6.45) is -0.144. The minimum Gasteiger partial charge on any atom is -0.496 e. The maximum Gasteiger partial charge on any atom is 0.255 e. The predicted octanol–water partition coefficient (Wildman–Crippen LogP) is 1.11. The number of ether oxygens (including phenoxy) is 2. The number of benzene rings is 1. The van der Waals surface area contributed by atoms with Gasteiger partial charge in [-0.1, -0.05) is 0 Å². The SMILES string of the molecule is C/N=C(/OC[C@@H]1NC(=O)[C@@H](F)C12CC2)c1cc(OC)c(C(N)=O)cc1C. The Labute approximate surface area is 150 Å². The van der Waals surface area contributed by atoms with Crippen molar-refractivity contribution in [3.63, 3.8) is 0 Å². The summed E-state index contributed by atoms with van der Waals surface area (Å²) in [7, 11) is 3.01. The van der Waals surface area contributed by atoms with Crippen LogP contribution in [0.1, 0.15) is 34.3 Å². The van der Waals surface area contributed by atoms with Crippen LogP contribution in [0.4, 0.5) is 4.39 Å². The van der Waals surface area contributed by atoms with E-state index in [0.29, 0.717) is 30.1 Å². The van der Waals surface area contributed by atoms with Crippen LogP contribution in [-0.4, -0.2) is 50.7 Å². The van der Waals surface area contributed by atoms with Gasteiger partial charge in [-0.3, -0.25) is 14.6 Å². The van der Waals surface area contributed by atoms with E-state index in [-0.39, 0.29) is 18.2 Å². The molecule has 1 saturated carbocycles. The molecule has 140 valence electrons. The number of aliphatic imine (C=N–C) groups is 1. The Balaban J connectivity index is 1.80. The zero-order valence-corrected chi connectivity index (χ0v) is 15.0. The average Bonchev–Trinajstić information content (AvgIpc) is 3.38. The summed E-state index contributed by atoms with van der Waals surface area (Å²) in [6, 6.07) is 2.87. The van der Waals surface area contributed by atoms with E-state index < -0.39 is 23.4 Å². The number of nitrogens with one attached hydrogen (secondary N) is 1. The van der Waals surface area contributed by atoms with E-state index in [2.05, 4.69) is 10.3 Å². The number of rotatable bonds is 5. The van der Waals surface area contributed by atoms with Crippen LogP contribution < -0.4 is 15.8 Å². The molecule has 2 aliphatic rings. The third-order valence-electron chi connectivity index (χ3n) is 5.20. The fourth-order valence-corrected chi connectivity index (χ4v) is 3.49. The summed E-state index contributed by atoms with van der Waals surface area (Å²) in [5.74, 6) is -0.524. The van der Waals surface area contributed by atoms with Gasteiger partial charge < -0.3 is 20.5 Å². The third-order valence-corrected chi connectivity index (χ3v) is 5.20. The van der Waals surface area contributed by atoms with Gasteiger partial charge in [0.2, 0.25) is 5.90 Å². The zero-order chi connectivity index (χ0) is 19.1. The van der Waals surface area contributed by atoms with Crippen LogP contribution in [0.15, 0.2) is 17.1 Å². The molecular formula is C18H22FN3O4. The fourth-order valence-electron chi connectivity index (χ4n) is 3.49. The highest BCUT2D eigenvalue weighted by molar-refractivity contribution is 6.00. The van der Waals surface area contributed by atoms with Gasteiger partial charge in [-0.2, -0.15) is 0 Å². The van der Waals surface area contributed by atoms with Crippen molar-refractivity contribution in [2.24, 2.45) is 16.1 Å². The maximum atomic E-state index is 14.1. The van der Waals surface area contributed by atoms with E-state index in [1.54, 1.807) is 26.1 Å². The first kappa shape index (κ1) is 18.2. The molecule has 2 atom stereocenters. The molecule has 1 spiro atoms. The summed E-state index contributed by atoms with van der Waals surface area (Å²) in [5, 5.41) is 2.67. The Hall–Kier alpha value is -2.64. The Bertz CT molecular complexity index is 789. The number of carbonyl (C=O) groups is 2. The van der Waals surface area contributed by atoms with E-state index >= 15 is 0 Å². The van der Waals surface area contributed by atoms with Gasteiger partial charge in [-0.05, 0) is 37.5 Å². The van der Waals surface area contributed by atoms with E-state index in [1.165, 1.54) is 7.11 Å². The van der Waals surface area contributed by atoms with Gasteiger partial charge in [0, 0.05) is 18.0 Å². The average molecular weight is 363 g/mol. The topological polar surface area (TPSA) is 103 Å². The quantitative estimate of drug-likeness (QED) is 0.604. The standard InChI is InChI=1S/C18H22FN3O4/c1-9-6-11(15(20)23)12(25-3)7-10(9)17(21-2)26-8-13-18(4-5-18)14(19)16(24)22-13/h6-7,13-14H,4-5,8H2,1-3H3,(H2,20,23)(H,22,24)/b21-17+/t13-,14+/m0/s1. The van der Waals surface area contributed by atoms with Crippen LogP contribution in [0.2, 0.25) is 0 Å². The second-order valence-corrected chi connectivity index (χ2v) is 6.73. The number of methoxy groups -OCH3 is 1. The van der Waals surface area contributed by atoms with Gasteiger partial charge in [0.15, 0.2) is 6.17 Å². The number of nitrogens with zero attached hydrogens (tertiary/aromatic N) is 1. The molecule has 8 heteroatoms. The lowest BCUT2D eigenvalue weighted by atomic mass is 9.96. The number of halogens is 1. The van der Waals surface area contributed by atoms with Gasteiger partial charge in [0.1, 0.15) is 12.4 Å². The van der Waals surface area contributed by atoms with Crippen molar-refractivity contribution < 1.29 is 23.5 Å². The van der Waals surface area contributed by atoms with Crippen LogP contribution in [0.25, 0.3) is 0 Å². The molecule has 1 aliphatic heterocycles. The molecule has 1 heterocycles. The molecule has 3 rings (SSSR count). The number of carbonyl (C=O) groups excluding carboxylic acids is 2. The molecule has 0 bridgehead atoms. The number of hydrogen-bond acceptors (Lipinski definition) is 5. The Kier molecular flexibility index (Phi) is 4.60. The first-order valence-electron chi connectivity index (χ1n) is 8.37. The second-order valence-electron chi connectivity index (χ2n) is 6.73. The van der Waals surface area contributed by atoms with Crippen molar-refractivity contribution in [1.82, 2.24) is 5.32 Å². The normalized spacial score (nSPS) is 23.7. The van der Waals surface area contributed by atoms with E-state index in [9.17, 15) is 14.0 Å². The minimum absolute atomic E-state index is 0.123. The number of aryl methyl sites for hydroxylation is 1. The maximum absolute atomic E-state index is 14.1. The Morgan fingerprint density at radius 3 is 2.65 bits per heavy atom. The Morgan fingerprint density at radius 2 is 2.12 bits per heavy atom. The summed E-state index contributed by atoms with van der Waals surface area (Å²) < 4.78 is 25.1. The number of nitrogens with two attached hydrogens (primary N) is 1. The molecule has 0 radical (unpaired) electrons. The lowest BCUT2D eigenvalue weighted by Gasteiger charge is -2.20. The largest absolute Gasteiger partial charge is 0.496 e. The van der Waals surface area contributed by atoms with Crippen LogP contribution in [-0.2, 0) is 9.53 Å². The van der Waals surface area contributed by atoms with E-state index in [0.717, 1.165) is 5.56 Å². The number of hydrogen-bond donors (Lipinski definition) is 2. The third kappa shape index (κ3) is 2.89. The molecule has 0 unspecified atom stereocenters. The molecule has 7 nitrogen and oxygen atoms in total. The molecule has 0 aromatic heterocycles. The molecule has 26 heavy (non-hydrogen) atoms. The molecular weight excluding hydrogens is 341 g/mol. The van der Waals surface area contributed by atoms with E-state index in [4.69, 9.17) is 15.2 Å². The first-order chi connectivity index (χ1) is 12.3. The number of alkyl halides is 1. The van der Waals surface area contributed by atoms with Crippen molar-refractivity contribution >= 4 is 17.7 Å². The van der Waals surface area contributed by atoms with Crippen molar-refractivity contribution in [1.29, 1.82) is 0 Å². The molecule has 2 fully saturated rings. The molecule has 1 saturated heterocycles. The molecule has 1 aromatic carbocycles. The molecule has 2 amide bonds. The van der Waals surface area contributed by atoms with Gasteiger partial charge in [-0.15, -0.1) is 0 Å². The van der Waals surface area contributed by atoms with Crippen molar-refractivity contribution in [2.75, 3.05) is 20.8 Å². The first-order valence-corrected chi connectivity index (χ1v) is 8.37. The summed E-state index contributed by atoms with van der Waals surface area (Å²) in [5.41, 5.74) is 6.37. The number of amides is 2. The highest BCUT2D eigenvalue weighted by Crippen LogP contribution is 2.55. The number of primary amides is 1. The van der Waals surface area contributed by atoms with Gasteiger partial charge in [-0.25, -0.2) is 4.39 Å². The van der Waals surface area contributed by atoms with Crippen molar-refractivity contribution in [2.45, 2.75) is 32.0 Å². The second kappa shape index (κ2) is 6.59. The fraction of sp³-hybridized carbons (Fsp3) is 0.500. The Morgan fingerprint density at radius 1 is 1.42 bits per heavy atom. The van der Waals surface area contributed by atoms with Gasteiger partial charge in [0.05, 0.1) is 18.7 Å². The van der Waals surface area contributed by atoms with Crippen LogP contribution in [0.5, 0.6) is 5.75 Å². The van der Waals surface area contributed by atoms with Crippen molar-refractivity contribution in [3.8, 4) is 5.75 Å². The van der Waals surface area contributed by atoms with Gasteiger partial charge in [0.25, 0.3) is 11.8 Å². The monoisotopic (exact) mass is 363 g/mol. The molecule has 3 N–H and O–H groups in total. The summed E-state index contributed by atoms with van der Waals surface area (Å²) in [4.78, 5) is 27.3. The highest BCUT2D eigenvalue weighted by Gasteiger charge is 2.63. The predicted molar refractivity (Wildman–Crippen MR) is 93.2 cm³/mol. The van der Waals surface area contributed by atoms with Crippen LogP contribution in [0.3, 0.4) is 0 Å². The highest BCUT2D eigenvalue weighted by atomic mass is 19.1. The molecule has 1 aliphatic carbocycles. The smallest absolute Gasteiger partial charge is 0.255 e. The van der Waals surface area contributed by atoms with Crippen molar-refractivity contribution in [3.05, 3.63) is 28.8 Å². The lowest BCUT2D eigenvalue weighted by Crippen LogP contribution is -2.35. The lowest BCUT2D eigenvalue weighted by molar-refractivity contribution is -0.124. The summed E-state index contributed by atoms with van der Waals surface area (Å²) >= 11 is 0. The van der Waals surface area contributed by atoms with Crippen LogP contribution >= 0.6 is 0 Å². The van der Waals surface area contributed by atoms with Crippen LogP contribution in [0, 0.1) is 12.3 Å². The summed E-state index contributed by atoms with van der Waals surface area (Å²) in [6.45, 7) is 1.92. The zero-order valence-electron chi connectivity index (χ0n) is 15.0. The van der Waals surface area contributed by atoms with Gasteiger partial charge >= 0.3 is 0 Å². The molecule has 1 aromatic rings. The minimum atomic E-state index is -1.48. The van der Waals surface area contributed by atoms with E-state index in [1.807, 2.05) is 0 Å².